The Balaban J connectivity index is 1.76. The van der Waals surface area contributed by atoms with E-state index in [1.807, 2.05) is 0 Å². The Morgan fingerprint density at radius 3 is 1.46 bits per heavy atom. The molecule has 0 unspecified atom stereocenters. The Kier molecular flexibility index (Phi) is 7.11. The predicted molar refractivity (Wildman–Crippen MR) is 98.4 cm³/mol. The fraction of sp³-hybridized carbons (Fsp3) is 0.222. The van der Waals surface area contributed by atoms with Gasteiger partial charge in [0.05, 0.1) is 11.4 Å². The average molecular weight is 352 g/mol. The van der Waals surface area contributed by atoms with E-state index >= 15 is 0 Å². The lowest BCUT2D eigenvalue weighted by molar-refractivity contribution is -0.126. The Labute approximate surface area is 151 Å². The van der Waals surface area contributed by atoms with E-state index in [0.717, 1.165) is 11.1 Å². The highest BCUT2D eigenvalue weighted by Crippen LogP contribution is 1.99. The van der Waals surface area contributed by atoms with Crippen LogP contribution in [0.2, 0.25) is 0 Å². The molecule has 8 nitrogen and oxygen atoms in total. The molecule has 8 heteroatoms. The van der Waals surface area contributed by atoms with Gasteiger partial charge in [-0.25, -0.2) is 10.9 Å². The summed E-state index contributed by atoms with van der Waals surface area (Å²) in [5, 5.41) is 8.02. The van der Waals surface area contributed by atoms with Crippen molar-refractivity contribution in [3.8, 4) is 0 Å². The van der Waals surface area contributed by atoms with Gasteiger partial charge in [0.2, 0.25) is 11.8 Å². The molecule has 0 fully saturated rings. The van der Waals surface area contributed by atoms with Crippen LogP contribution in [-0.2, 0) is 9.59 Å². The number of hydrogen-bond donors (Lipinski definition) is 2. The van der Waals surface area contributed by atoms with Crippen LogP contribution in [0.25, 0.3) is 0 Å². The summed E-state index contributed by atoms with van der Waals surface area (Å²) < 4.78 is 0. The quantitative estimate of drug-likeness (QED) is 0.583. The fourth-order valence-corrected chi connectivity index (χ4v) is 1.95. The van der Waals surface area contributed by atoms with Crippen LogP contribution in [0.1, 0.15) is 37.8 Å². The fourth-order valence-electron chi connectivity index (χ4n) is 1.95. The summed E-state index contributed by atoms with van der Waals surface area (Å²) in [5.41, 5.74) is 7.90. The molecule has 0 spiro atoms. The first-order chi connectivity index (χ1) is 12.6. The Morgan fingerprint density at radius 2 is 1.12 bits per heavy atom. The van der Waals surface area contributed by atoms with Gasteiger partial charge in [0.15, 0.2) is 0 Å². The summed E-state index contributed by atoms with van der Waals surface area (Å²) in [6, 6.07) is 7.17. The molecule has 2 N–H and O–H groups in total. The summed E-state index contributed by atoms with van der Waals surface area (Å²) in [5.74, 6) is -0.688. The molecule has 0 radical (unpaired) electrons. The zero-order chi connectivity index (χ0) is 18.8. The molecule has 0 bridgehead atoms. The molecule has 0 atom stereocenters. The molecule has 2 heterocycles. The van der Waals surface area contributed by atoms with Crippen molar-refractivity contribution >= 4 is 23.2 Å². The Morgan fingerprint density at radius 1 is 0.769 bits per heavy atom. The average Bonchev–Trinajstić information content (AvgIpc) is 2.69. The van der Waals surface area contributed by atoms with Gasteiger partial charge in [0, 0.05) is 48.8 Å². The number of pyridine rings is 2. The van der Waals surface area contributed by atoms with Crippen molar-refractivity contribution < 1.29 is 9.59 Å². The lowest BCUT2D eigenvalue weighted by Crippen LogP contribution is -2.24. The van der Waals surface area contributed by atoms with Crippen LogP contribution in [0.5, 0.6) is 0 Å². The molecule has 26 heavy (non-hydrogen) atoms. The van der Waals surface area contributed by atoms with Gasteiger partial charge in [-0.3, -0.25) is 19.6 Å². The number of hydrogen-bond acceptors (Lipinski definition) is 6. The first-order valence-electron chi connectivity index (χ1n) is 8.03. The summed E-state index contributed by atoms with van der Waals surface area (Å²) in [6.45, 7) is 3.55. The lowest BCUT2D eigenvalue weighted by atomic mass is 10.2. The SMILES string of the molecule is CC(=NNC(=O)CCC(=O)NN=C(C)c1ccncc1)c1ccncc1. The standard InChI is InChI=1S/C18H20N6O2/c1-13(15-5-9-19-10-6-15)21-23-17(25)3-4-18(26)24-22-14(2)16-7-11-20-12-8-16/h5-12H,3-4H2,1-2H3,(H,23,25)(H,24,26). The van der Waals surface area contributed by atoms with Crippen molar-refractivity contribution in [2.24, 2.45) is 10.2 Å². The molecule has 2 rings (SSSR count). The van der Waals surface area contributed by atoms with Gasteiger partial charge in [0.25, 0.3) is 0 Å². The third-order valence-electron chi connectivity index (χ3n) is 3.47. The van der Waals surface area contributed by atoms with E-state index in [0.29, 0.717) is 11.4 Å². The van der Waals surface area contributed by atoms with Crippen molar-refractivity contribution in [2.75, 3.05) is 0 Å². The van der Waals surface area contributed by atoms with Gasteiger partial charge in [-0.05, 0) is 38.1 Å². The Hall–Kier alpha value is -3.42. The van der Waals surface area contributed by atoms with Crippen molar-refractivity contribution in [1.29, 1.82) is 0 Å². The van der Waals surface area contributed by atoms with Crippen molar-refractivity contribution in [2.45, 2.75) is 26.7 Å². The molecule has 2 amide bonds. The molecule has 2 aromatic rings. The third kappa shape index (κ3) is 6.23. The molecular weight excluding hydrogens is 332 g/mol. The maximum atomic E-state index is 11.8. The van der Waals surface area contributed by atoms with Crippen LogP contribution in [0.3, 0.4) is 0 Å². The first-order valence-corrected chi connectivity index (χ1v) is 8.03. The predicted octanol–water partition coefficient (Wildman–Crippen LogP) is 1.64. The second-order valence-electron chi connectivity index (χ2n) is 5.44. The second-order valence-corrected chi connectivity index (χ2v) is 5.44. The number of hydrazone groups is 2. The van der Waals surface area contributed by atoms with Crippen LogP contribution in [-0.4, -0.2) is 33.2 Å². The highest BCUT2D eigenvalue weighted by molar-refractivity contribution is 6.00. The van der Waals surface area contributed by atoms with Gasteiger partial charge in [-0.1, -0.05) is 0 Å². The van der Waals surface area contributed by atoms with Crippen LogP contribution in [0.4, 0.5) is 0 Å². The van der Waals surface area contributed by atoms with E-state index in [2.05, 4.69) is 31.0 Å². The smallest absolute Gasteiger partial charge is 0.240 e. The van der Waals surface area contributed by atoms with E-state index in [4.69, 9.17) is 0 Å². The van der Waals surface area contributed by atoms with Gasteiger partial charge >= 0.3 is 0 Å². The van der Waals surface area contributed by atoms with Crippen LogP contribution < -0.4 is 10.9 Å². The van der Waals surface area contributed by atoms with E-state index < -0.39 is 0 Å². The summed E-state index contributed by atoms with van der Waals surface area (Å²) >= 11 is 0. The maximum absolute atomic E-state index is 11.8. The summed E-state index contributed by atoms with van der Waals surface area (Å²) in [4.78, 5) is 31.4. The minimum absolute atomic E-state index is 0.0166. The molecule has 0 aliphatic heterocycles. The monoisotopic (exact) mass is 352 g/mol. The van der Waals surface area contributed by atoms with E-state index in [9.17, 15) is 9.59 Å². The van der Waals surface area contributed by atoms with Gasteiger partial charge < -0.3 is 0 Å². The number of aromatic nitrogens is 2. The molecule has 0 aromatic carbocycles. The zero-order valence-electron chi connectivity index (χ0n) is 14.6. The van der Waals surface area contributed by atoms with E-state index in [1.165, 1.54) is 0 Å². The molecule has 2 aromatic heterocycles. The zero-order valence-corrected chi connectivity index (χ0v) is 14.6. The van der Waals surface area contributed by atoms with Crippen molar-refractivity contribution in [3.63, 3.8) is 0 Å². The summed E-state index contributed by atoms with van der Waals surface area (Å²) in [7, 11) is 0. The normalized spacial score (nSPS) is 11.8. The molecule has 0 aliphatic carbocycles. The van der Waals surface area contributed by atoms with Crippen LogP contribution in [0.15, 0.2) is 59.3 Å². The number of carbonyl (C=O) groups is 2. The highest BCUT2D eigenvalue weighted by Gasteiger charge is 2.07. The van der Waals surface area contributed by atoms with Crippen molar-refractivity contribution in [3.05, 3.63) is 60.2 Å². The number of carbonyl (C=O) groups excluding carboxylic acids is 2. The molecular formula is C18H20N6O2. The number of nitrogens with one attached hydrogen (secondary N) is 2. The Bertz CT molecular complexity index is 733. The third-order valence-corrected chi connectivity index (χ3v) is 3.47. The molecule has 0 aliphatic rings. The van der Waals surface area contributed by atoms with Gasteiger partial charge in [-0.2, -0.15) is 10.2 Å². The van der Waals surface area contributed by atoms with Gasteiger partial charge in [-0.15, -0.1) is 0 Å². The highest BCUT2D eigenvalue weighted by atomic mass is 16.2. The first kappa shape index (κ1) is 18.9. The topological polar surface area (TPSA) is 109 Å². The molecule has 134 valence electrons. The van der Waals surface area contributed by atoms with E-state index in [-0.39, 0.29) is 24.7 Å². The lowest BCUT2D eigenvalue weighted by Gasteiger charge is -2.04. The van der Waals surface area contributed by atoms with Crippen LogP contribution in [0, 0.1) is 0 Å². The van der Waals surface area contributed by atoms with Crippen molar-refractivity contribution in [1.82, 2.24) is 20.8 Å². The summed E-state index contributed by atoms with van der Waals surface area (Å²) in [6.07, 6.45) is 6.62. The number of rotatable bonds is 7. The minimum atomic E-state index is -0.344. The number of nitrogens with zero attached hydrogens (tertiary/aromatic N) is 4. The molecule has 0 saturated carbocycles. The van der Waals surface area contributed by atoms with Gasteiger partial charge in [0.1, 0.15) is 0 Å². The maximum Gasteiger partial charge on any atom is 0.240 e. The minimum Gasteiger partial charge on any atom is -0.273 e. The van der Waals surface area contributed by atoms with E-state index in [1.54, 1.807) is 62.9 Å². The largest absolute Gasteiger partial charge is 0.273 e. The molecule has 0 saturated heterocycles. The number of amides is 2. The second kappa shape index (κ2) is 9.77. The van der Waals surface area contributed by atoms with Crippen LogP contribution >= 0.6 is 0 Å².